The fourth-order valence-corrected chi connectivity index (χ4v) is 2.07. The summed E-state index contributed by atoms with van der Waals surface area (Å²) in [6.45, 7) is -0.0317. The van der Waals surface area contributed by atoms with Gasteiger partial charge in [0.2, 0.25) is 5.91 Å². The number of carbonyl (C=O) groups is 2. The van der Waals surface area contributed by atoms with E-state index in [4.69, 9.17) is 10.4 Å². The second-order valence-electron chi connectivity index (χ2n) is 4.37. The van der Waals surface area contributed by atoms with Crippen LogP contribution in [0.3, 0.4) is 0 Å². The molecule has 1 aromatic rings. The Kier molecular flexibility index (Phi) is 3.51. The molecule has 1 amide bonds. The Hall–Kier alpha value is -2.36. The summed E-state index contributed by atoms with van der Waals surface area (Å²) in [4.78, 5) is 24.0. The van der Waals surface area contributed by atoms with Crippen molar-refractivity contribution in [2.45, 2.75) is 12.6 Å². The summed E-state index contributed by atoms with van der Waals surface area (Å²) in [6.07, 6.45) is 0.580. The number of hydrogen-bond donors (Lipinski definition) is 1. The van der Waals surface area contributed by atoms with Crippen LogP contribution in [-0.4, -0.2) is 30.2 Å². The molecule has 96 valence electrons. The highest BCUT2D eigenvalue weighted by Crippen LogP contribution is 2.24. The SMILES string of the molecule is N#CB1CCN(c2cc(F)cc(C(=O)O)c2)C(=O)C1. The van der Waals surface area contributed by atoms with Gasteiger partial charge >= 0.3 is 5.97 Å². The molecule has 1 saturated heterocycles. The maximum absolute atomic E-state index is 13.4. The second-order valence-corrected chi connectivity index (χ2v) is 4.37. The number of halogens is 1. The molecule has 0 unspecified atom stereocenters. The van der Waals surface area contributed by atoms with E-state index < -0.39 is 11.8 Å². The largest absolute Gasteiger partial charge is 0.478 e. The van der Waals surface area contributed by atoms with Gasteiger partial charge in [-0.1, -0.05) is 0 Å². The van der Waals surface area contributed by atoms with E-state index in [1.807, 2.05) is 5.97 Å². The number of rotatable bonds is 2. The number of nitriles is 1. The molecule has 1 N–H and O–H groups in total. The van der Waals surface area contributed by atoms with Crippen LogP contribution in [0.2, 0.25) is 12.6 Å². The van der Waals surface area contributed by atoms with Gasteiger partial charge in [0.15, 0.2) is 0 Å². The minimum absolute atomic E-state index is 0.0788. The van der Waals surface area contributed by atoms with Crippen molar-refractivity contribution in [3.63, 3.8) is 0 Å². The van der Waals surface area contributed by atoms with Crippen molar-refractivity contribution in [2.75, 3.05) is 11.4 Å². The molecule has 1 heterocycles. The van der Waals surface area contributed by atoms with E-state index in [1.54, 1.807) is 0 Å². The molecule has 1 aliphatic heterocycles. The van der Waals surface area contributed by atoms with Crippen LogP contribution < -0.4 is 4.90 Å². The molecule has 1 aliphatic rings. The lowest BCUT2D eigenvalue weighted by molar-refractivity contribution is -0.116. The molecule has 0 atom stereocenters. The molecule has 7 heteroatoms. The molecule has 5 nitrogen and oxygen atoms in total. The minimum atomic E-state index is -1.25. The average molecular weight is 260 g/mol. The lowest BCUT2D eigenvalue weighted by Crippen LogP contribution is -2.41. The zero-order valence-corrected chi connectivity index (χ0v) is 9.97. The van der Waals surface area contributed by atoms with Crippen molar-refractivity contribution in [2.24, 2.45) is 0 Å². The van der Waals surface area contributed by atoms with Gasteiger partial charge in [0.05, 0.1) is 5.56 Å². The lowest BCUT2D eigenvalue weighted by Gasteiger charge is -2.28. The van der Waals surface area contributed by atoms with E-state index in [9.17, 15) is 14.0 Å². The number of benzene rings is 1. The highest BCUT2D eigenvalue weighted by atomic mass is 19.1. The van der Waals surface area contributed by atoms with Gasteiger partial charge in [-0.2, -0.15) is 0 Å². The fourth-order valence-electron chi connectivity index (χ4n) is 2.07. The molecule has 1 fully saturated rings. The summed E-state index contributed by atoms with van der Waals surface area (Å²) in [5, 5.41) is 17.6. The van der Waals surface area contributed by atoms with Crippen molar-refractivity contribution in [1.29, 1.82) is 5.26 Å². The first-order valence-electron chi connectivity index (χ1n) is 5.75. The third-order valence-electron chi connectivity index (χ3n) is 3.05. The van der Waals surface area contributed by atoms with Gasteiger partial charge in [-0.15, -0.1) is 0 Å². The first-order chi connectivity index (χ1) is 9.01. The van der Waals surface area contributed by atoms with Gasteiger partial charge in [-0.25, -0.2) is 14.4 Å². The Balaban J connectivity index is 2.30. The van der Waals surface area contributed by atoms with E-state index in [0.29, 0.717) is 12.9 Å². The first kappa shape index (κ1) is 13.1. The molecule has 19 heavy (non-hydrogen) atoms. The Bertz CT molecular complexity index is 585. The average Bonchev–Trinajstić information content (AvgIpc) is 2.37. The van der Waals surface area contributed by atoms with Crippen molar-refractivity contribution >= 4 is 24.3 Å². The lowest BCUT2D eigenvalue weighted by atomic mass is 9.45. The van der Waals surface area contributed by atoms with Crippen molar-refractivity contribution in [3.8, 4) is 5.97 Å². The van der Waals surface area contributed by atoms with E-state index in [2.05, 4.69) is 0 Å². The number of carbonyl (C=O) groups excluding carboxylic acids is 1. The first-order valence-corrected chi connectivity index (χ1v) is 5.75. The molecule has 0 aromatic heterocycles. The predicted molar refractivity (Wildman–Crippen MR) is 66.7 cm³/mol. The summed E-state index contributed by atoms with van der Waals surface area (Å²) in [7, 11) is 0. The van der Waals surface area contributed by atoms with Gasteiger partial charge in [-0.05, 0) is 24.5 Å². The van der Waals surface area contributed by atoms with Crippen LogP contribution in [0.1, 0.15) is 10.4 Å². The normalized spacial score (nSPS) is 15.3. The molecule has 0 aliphatic carbocycles. The number of hydrogen-bond acceptors (Lipinski definition) is 3. The van der Waals surface area contributed by atoms with Gasteiger partial charge in [-0.3, -0.25) is 4.79 Å². The molecule has 1 aromatic carbocycles. The smallest absolute Gasteiger partial charge is 0.335 e. The number of carboxylic acids is 1. The molecular weight excluding hydrogens is 250 g/mol. The van der Waals surface area contributed by atoms with Crippen LogP contribution in [0.5, 0.6) is 0 Å². The maximum Gasteiger partial charge on any atom is 0.335 e. The predicted octanol–water partition coefficient (Wildman–Crippen LogP) is 1.43. The van der Waals surface area contributed by atoms with E-state index in [1.165, 1.54) is 11.0 Å². The minimum Gasteiger partial charge on any atom is -0.478 e. The van der Waals surface area contributed by atoms with Gasteiger partial charge in [0.1, 0.15) is 5.82 Å². The highest BCUT2D eigenvalue weighted by molar-refractivity contribution is 6.71. The maximum atomic E-state index is 13.4. The van der Waals surface area contributed by atoms with Crippen molar-refractivity contribution in [1.82, 2.24) is 0 Å². The number of nitrogens with zero attached hydrogens (tertiary/aromatic N) is 2. The highest BCUT2D eigenvalue weighted by Gasteiger charge is 2.30. The zero-order chi connectivity index (χ0) is 14.0. The monoisotopic (exact) mass is 260 g/mol. The molecule has 2 rings (SSSR count). The van der Waals surface area contributed by atoms with Crippen molar-refractivity contribution in [3.05, 3.63) is 29.6 Å². The Labute approximate surface area is 109 Å². The summed E-state index contributed by atoms with van der Waals surface area (Å²) >= 11 is 0. The van der Waals surface area contributed by atoms with E-state index in [-0.39, 0.29) is 30.2 Å². The second kappa shape index (κ2) is 5.10. The summed E-state index contributed by atoms with van der Waals surface area (Å²) in [6, 6.07) is 3.28. The van der Waals surface area contributed by atoms with Crippen LogP contribution in [-0.2, 0) is 4.79 Å². The Morgan fingerprint density at radius 3 is 2.79 bits per heavy atom. The third-order valence-corrected chi connectivity index (χ3v) is 3.05. The molecule has 0 bridgehead atoms. The zero-order valence-electron chi connectivity index (χ0n) is 9.97. The molecule has 0 spiro atoms. The van der Waals surface area contributed by atoms with Crippen LogP contribution in [0.25, 0.3) is 0 Å². The quantitative estimate of drug-likeness (QED) is 0.815. The fraction of sp³-hybridized carbons (Fsp3) is 0.250. The molecule has 0 radical (unpaired) electrons. The third kappa shape index (κ3) is 2.73. The summed E-state index contributed by atoms with van der Waals surface area (Å²) in [5.74, 6) is -0.214. The van der Waals surface area contributed by atoms with Crippen LogP contribution in [0, 0.1) is 17.0 Å². The summed E-state index contributed by atoms with van der Waals surface area (Å²) < 4.78 is 13.4. The molecular formula is C12H10BFN2O3. The van der Waals surface area contributed by atoms with Gasteiger partial charge in [0, 0.05) is 24.5 Å². The van der Waals surface area contributed by atoms with Crippen LogP contribution in [0.4, 0.5) is 10.1 Å². The van der Waals surface area contributed by atoms with E-state index >= 15 is 0 Å². The van der Waals surface area contributed by atoms with Crippen molar-refractivity contribution < 1.29 is 19.1 Å². The summed E-state index contributed by atoms with van der Waals surface area (Å²) in [5.41, 5.74) is 0.0176. The standard InChI is InChI=1S/C12H10BFN2O3/c14-9-3-8(12(18)19)4-10(5-9)16-2-1-13(7-15)6-11(16)17/h3-5H,1-2,6H2,(H,18,19). The Morgan fingerprint density at radius 2 is 2.21 bits per heavy atom. The number of carboxylic acid groups (broad SMARTS) is 1. The van der Waals surface area contributed by atoms with Gasteiger partial charge in [0.25, 0.3) is 6.71 Å². The topological polar surface area (TPSA) is 81.4 Å². The number of amides is 1. The van der Waals surface area contributed by atoms with Crippen LogP contribution >= 0.6 is 0 Å². The Morgan fingerprint density at radius 1 is 1.47 bits per heavy atom. The van der Waals surface area contributed by atoms with E-state index in [0.717, 1.165) is 12.1 Å². The number of aromatic carboxylic acids is 1. The molecule has 0 saturated carbocycles. The van der Waals surface area contributed by atoms with Crippen LogP contribution in [0.15, 0.2) is 18.2 Å². The number of anilines is 1. The van der Waals surface area contributed by atoms with Gasteiger partial charge < -0.3 is 10.0 Å².